The summed E-state index contributed by atoms with van der Waals surface area (Å²) in [4.78, 5) is 16.1. The number of benzene rings is 1. The van der Waals surface area contributed by atoms with E-state index in [0.717, 1.165) is 12.1 Å². The molecule has 0 fully saturated rings. The lowest BCUT2D eigenvalue weighted by atomic mass is 10.0. The van der Waals surface area contributed by atoms with E-state index in [1.54, 1.807) is 25.3 Å². The fourth-order valence-corrected chi connectivity index (χ4v) is 2.09. The standard InChI is InChI=1S/C16H15F3N2O2/c1-9(10-3-2-4-20-7-10)16(23)21-14(8-22)11-5-12(17)15(19)13(18)6-11/h2-7,9,14,22H,8H2,1H3,(H,21,23). The highest BCUT2D eigenvalue weighted by Gasteiger charge is 2.22. The number of nitrogens with zero attached hydrogens (tertiary/aromatic N) is 1. The molecule has 0 saturated carbocycles. The molecule has 1 aromatic heterocycles. The monoisotopic (exact) mass is 324 g/mol. The number of nitrogens with one attached hydrogen (secondary N) is 1. The van der Waals surface area contributed by atoms with Crippen LogP contribution >= 0.6 is 0 Å². The summed E-state index contributed by atoms with van der Waals surface area (Å²) < 4.78 is 39.5. The van der Waals surface area contributed by atoms with Crippen LogP contribution in [-0.2, 0) is 4.79 Å². The minimum absolute atomic E-state index is 0.0596. The van der Waals surface area contributed by atoms with Crippen molar-refractivity contribution in [2.45, 2.75) is 18.9 Å². The molecule has 0 bridgehead atoms. The first-order valence-electron chi connectivity index (χ1n) is 6.89. The number of carbonyl (C=O) groups is 1. The van der Waals surface area contributed by atoms with Crippen LogP contribution in [0.1, 0.15) is 30.0 Å². The van der Waals surface area contributed by atoms with Gasteiger partial charge in [-0.3, -0.25) is 9.78 Å². The van der Waals surface area contributed by atoms with Crippen molar-refractivity contribution in [3.63, 3.8) is 0 Å². The zero-order valence-electron chi connectivity index (χ0n) is 12.3. The molecule has 2 atom stereocenters. The number of hydrogen-bond acceptors (Lipinski definition) is 3. The maximum Gasteiger partial charge on any atom is 0.227 e. The van der Waals surface area contributed by atoms with E-state index < -0.39 is 41.9 Å². The molecule has 0 aliphatic carbocycles. The first-order valence-corrected chi connectivity index (χ1v) is 6.89. The van der Waals surface area contributed by atoms with Gasteiger partial charge in [0.15, 0.2) is 17.5 Å². The van der Waals surface area contributed by atoms with Gasteiger partial charge in [0.05, 0.1) is 18.6 Å². The lowest BCUT2D eigenvalue weighted by molar-refractivity contribution is -0.123. The first-order chi connectivity index (χ1) is 10.9. The minimum atomic E-state index is -1.60. The van der Waals surface area contributed by atoms with Gasteiger partial charge in [-0.05, 0) is 36.2 Å². The van der Waals surface area contributed by atoms with E-state index in [2.05, 4.69) is 10.3 Å². The van der Waals surface area contributed by atoms with Crippen LogP contribution < -0.4 is 5.32 Å². The Kier molecular flexibility index (Phi) is 5.33. The molecule has 0 saturated heterocycles. The SMILES string of the molecule is CC(C(=O)NC(CO)c1cc(F)c(F)c(F)c1)c1cccnc1. The van der Waals surface area contributed by atoms with Gasteiger partial charge in [0.25, 0.3) is 0 Å². The largest absolute Gasteiger partial charge is 0.394 e. The molecule has 2 unspecified atom stereocenters. The van der Waals surface area contributed by atoms with Gasteiger partial charge >= 0.3 is 0 Å². The van der Waals surface area contributed by atoms with Gasteiger partial charge in [0.2, 0.25) is 5.91 Å². The van der Waals surface area contributed by atoms with Gasteiger partial charge in [0.1, 0.15) is 0 Å². The normalized spacial score (nSPS) is 13.4. The summed E-state index contributed by atoms with van der Waals surface area (Å²) in [7, 11) is 0. The third kappa shape index (κ3) is 3.87. The molecular weight excluding hydrogens is 309 g/mol. The molecule has 2 N–H and O–H groups in total. The highest BCUT2D eigenvalue weighted by atomic mass is 19.2. The molecule has 0 radical (unpaired) electrons. The van der Waals surface area contributed by atoms with Gasteiger partial charge in [-0.15, -0.1) is 0 Å². The Hall–Kier alpha value is -2.41. The molecular formula is C16H15F3N2O2. The van der Waals surface area contributed by atoms with Crippen LogP contribution in [0.2, 0.25) is 0 Å². The number of rotatable bonds is 5. The fraction of sp³-hybridized carbons (Fsp3) is 0.250. The van der Waals surface area contributed by atoms with Crippen LogP contribution in [0.3, 0.4) is 0 Å². The highest BCUT2D eigenvalue weighted by molar-refractivity contribution is 5.83. The van der Waals surface area contributed by atoms with Gasteiger partial charge in [-0.1, -0.05) is 6.07 Å². The van der Waals surface area contributed by atoms with Crippen LogP contribution in [0.15, 0.2) is 36.7 Å². The van der Waals surface area contributed by atoms with Crippen molar-refractivity contribution in [2.24, 2.45) is 0 Å². The van der Waals surface area contributed by atoms with Crippen LogP contribution in [0, 0.1) is 17.5 Å². The van der Waals surface area contributed by atoms with Crippen molar-refractivity contribution in [2.75, 3.05) is 6.61 Å². The number of pyridine rings is 1. The predicted molar refractivity (Wildman–Crippen MR) is 76.9 cm³/mol. The minimum Gasteiger partial charge on any atom is -0.394 e. The van der Waals surface area contributed by atoms with E-state index in [1.807, 2.05) is 0 Å². The van der Waals surface area contributed by atoms with E-state index in [-0.39, 0.29) is 5.56 Å². The summed E-state index contributed by atoms with van der Waals surface area (Å²) in [5.41, 5.74) is 0.591. The lowest BCUT2D eigenvalue weighted by Crippen LogP contribution is -2.34. The zero-order valence-corrected chi connectivity index (χ0v) is 12.3. The zero-order chi connectivity index (χ0) is 17.0. The van der Waals surface area contributed by atoms with Crippen molar-refractivity contribution in [1.29, 1.82) is 0 Å². The second kappa shape index (κ2) is 7.23. The van der Waals surface area contributed by atoms with Crippen LogP contribution in [0.4, 0.5) is 13.2 Å². The molecule has 1 amide bonds. The van der Waals surface area contributed by atoms with Crippen molar-refractivity contribution < 1.29 is 23.1 Å². The molecule has 1 aromatic carbocycles. The number of hydrogen-bond donors (Lipinski definition) is 2. The van der Waals surface area contributed by atoms with Crippen LogP contribution in [0.25, 0.3) is 0 Å². The van der Waals surface area contributed by atoms with E-state index in [0.29, 0.717) is 5.56 Å². The third-order valence-corrected chi connectivity index (χ3v) is 3.49. The van der Waals surface area contributed by atoms with Gasteiger partial charge < -0.3 is 10.4 Å². The molecule has 122 valence electrons. The van der Waals surface area contributed by atoms with E-state index in [9.17, 15) is 23.1 Å². The van der Waals surface area contributed by atoms with Crippen molar-refractivity contribution in [1.82, 2.24) is 10.3 Å². The average Bonchev–Trinajstić information content (AvgIpc) is 2.57. The Morgan fingerprint density at radius 1 is 1.26 bits per heavy atom. The molecule has 0 aliphatic heterocycles. The second-order valence-corrected chi connectivity index (χ2v) is 5.05. The van der Waals surface area contributed by atoms with Crippen LogP contribution in [0.5, 0.6) is 0 Å². The molecule has 7 heteroatoms. The van der Waals surface area contributed by atoms with Crippen LogP contribution in [-0.4, -0.2) is 22.6 Å². The molecule has 1 heterocycles. The summed E-state index contributed by atoms with van der Waals surface area (Å²) >= 11 is 0. The fourth-order valence-electron chi connectivity index (χ4n) is 2.09. The number of aromatic nitrogens is 1. The molecule has 23 heavy (non-hydrogen) atoms. The Balaban J connectivity index is 2.18. The van der Waals surface area contributed by atoms with E-state index >= 15 is 0 Å². The number of aliphatic hydroxyl groups excluding tert-OH is 1. The van der Waals surface area contributed by atoms with Gasteiger partial charge in [0, 0.05) is 12.4 Å². The smallest absolute Gasteiger partial charge is 0.227 e. The Morgan fingerprint density at radius 3 is 2.43 bits per heavy atom. The molecule has 2 rings (SSSR count). The lowest BCUT2D eigenvalue weighted by Gasteiger charge is -2.20. The van der Waals surface area contributed by atoms with Crippen molar-refractivity contribution in [3.8, 4) is 0 Å². The van der Waals surface area contributed by atoms with E-state index in [1.165, 1.54) is 6.20 Å². The first kappa shape index (κ1) is 17.0. The third-order valence-electron chi connectivity index (χ3n) is 3.49. The summed E-state index contributed by atoms with van der Waals surface area (Å²) in [6.07, 6.45) is 3.09. The maximum atomic E-state index is 13.3. The summed E-state index contributed by atoms with van der Waals surface area (Å²) in [6, 6.07) is 3.82. The number of aliphatic hydroxyl groups is 1. The van der Waals surface area contributed by atoms with Crippen molar-refractivity contribution in [3.05, 3.63) is 65.2 Å². The Morgan fingerprint density at radius 2 is 1.91 bits per heavy atom. The maximum absolute atomic E-state index is 13.3. The summed E-state index contributed by atoms with van der Waals surface area (Å²) in [6.45, 7) is 1.04. The molecule has 4 nitrogen and oxygen atoms in total. The predicted octanol–water partition coefficient (Wildman–Crippen LogP) is 2.45. The highest BCUT2D eigenvalue weighted by Crippen LogP contribution is 2.21. The van der Waals surface area contributed by atoms with E-state index in [4.69, 9.17) is 0 Å². The van der Waals surface area contributed by atoms with Crippen molar-refractivity contribution >= 4 is 5.91 Å². The van der Waals surface area contributed by atoms with Gasteiger partial charge in [-0.25, -0.2) is 13.2 Å². The van der Waals surface area contributed by atoms with Gasteiger partial charge in [-0.2, -0.15) is 0 Å². The second-order valence-electron chi connectivity index (χ2n) is 5.05. The average molecular weight is 324 g/mol. The Labute approximate surface area is 131 Å². The topological polar surface area (TPSA) is 62.2 Å². The number of amides is 1. The number of carbonyl (C=O) groups excluding carboxylic acids is 1. The Bertz CT molecular complexity index is 672. The summed E-state index contributed by atoms with van der Waals surface area (Å²) in [5.74, 6) is -5.39. The molecule has 2 aromatic rings. The summed E-state index contributed by atoms with van der Waals surface area (Å²) in [5, 5.41) is 11.8. The number of halogens is 3. The molecule has 0 aliphatic rings. The molecule has 0 spiro atoms. The quantitative estimate of drug-likeness (QED) is 0.831.